The van der Waals surface area contributed by atoms with Gasteiger partial charge >= 0.3 is 0 Å². The molecule has 0 bridgehead atoms. The number of rotatable bonds is 5. The third-order valence-electron chi connectivity index (χ3n) is 5.77. The van der Waals surface area contributed by atoms with Crippen molar-refractivity contribution in [2.45, 2.75) is 0 Å². The molecule has 3 heterocycles. The van der Waals surface area contributed by atoms with Crippen LogP contribution in [0.1, 0.15) is 20.9 Å². The van der Waals surface area contributed by atoms with Crippen LogP contribution < -0.4 is 10.8 Å². The number of para-hydroxylation sites is 2. The Hall–Kier alpha value is -4.87. The lowest BCUT2D eigenvalue weighted by atomic mass is 10.1. The van der Waals surface area contributed by atoms with E-state index in [9.17, 15) is 9.59 Å². The number of benzene rings is 2. The number of aromatic nitrogens is 3. The van der Waals surface area contributed by atoms with Crippen molar-refractivity contribution in [3.05, 3.63) is 77.9 Å². The van der Waals surface area contributed by atoms with Gasteiger partial charge in [0.15, 0.2) is 17.7 Å². The molecule has 12 heteroatoms. The first kappa shape index (κ1) is 21.9. The standard InChI is InChI=1S/C23H21N9O3/c24-20-21(28-17-3-1-2-4-18(17)32(20)29-25)27-16-7-5-15(6-8-16)22(33)30-9-11-31(12-10-30)23(34)19-13-26-14-35-19/h1-8,13-14,24-25H,9-12H2,(H,27,28). The summed E-state index contributed by atoms with van der Waals surface area (Å²) in [7, 11) is 0. The second-order valence-corrected chi connectivity index (χ2v) is 7.86. The number of nitrogens with one attached hydrogen (secondary N) is 3. The minimum atomic E-state index is -0.236. The van der Waals surface area contributed by atoms with Crippen LogP contribution in [0.4, 0.5) is 11.5 Å². The Morgan fingerprint density at radius 3 is 2.31 bits per heavy atom. The number of amides is 2. The van der Waals surface area contributed by atoms with E-state index in [0.717, 1.165) is 0 Å². The molecule has 0 spiro atoms. The predicted molar refractivity (Wildman–Crippen MR) is 124 cm³/mol. The number of hydrogen-bond acceptors (Lipinski definition) is 9. The SMILES string of the molecule is N=Nn1c(=N)c(Nc2ccc(C(=O)N3CCN(C(=O)c4cnco4)CC3)cc2)nc2ccccc21. The van der Waals surface area contributed by atoms with Crippen LogP contribution in [-0.4, -0.2) is 62.4 Å². The Labute approximate surface area is 198 Å². The summed E-state index contributed by atoms with van der Waals surface area (Å²) in [5.41, 5.74) is 9.67. The van der Waals surface area contributed by atoms with Gasteiger partial charge in [0.2, 0.25) is 5.76 Å². The van der Waals surface area contributed by atoms with Crippen LogP contribution in [0.2, 0.25) is 0 Å². The molecule has 0 radical (unpaired) electrons. The number of nitrogens with zero attached hydrogens (tertiary/aromatic N) is 6. The van der Waals surface area contributed by atoms with E-state index in [-0.39, 0.29) is 28.9 Å². The predicted octanol–water partition coefficient (Wildman–Crippen LogP) is 2.64. The third kappa shape index (κ3) is 4.24. The molecule has 2 aromatic heterocycles. The minimum absolute atomic E-state index is 0.0587. The molecule has 176 valence electrons. The van der Waals surface area contributed by atoms with Gasteiger partial charge in [-0.3, -0.25) is 15.0 Å². The van der Waals surface area contributed by atoms with Crippen molar-refractivity contribution in [1.82, 2.24) is 24.4 Å². The molecule has 2 aromatic carbocycles. The number of oxazole rings is 1. The molecule has 0 saturated carbocycles. The first-order chi connectivity index (χ1) is 17.0. The fraction of sp³-hybridized carbons (Fsp3) is 0.174. The van der Waals surface area contributed by atoms with Crippen LogP contribution in [-0.2, 0) is 0 Å². The van der Waals surface area contributed by atoms with E-state index >= 15 is 0 Å². The maximum absolute atomic E-state index is 13.0. The van der Waals surface area contributed by atoms with Crippen LogP contribution in [0.25, 0.3) is 11.0 Å². The van der Waals surface area contributed by atoms with E-state index in [2.05, 4.69) is 20.5 Å². The first-order valence-electron chi connectivity index (χ1n) is 10.8. The second-order valence-electron chi connectivity index (χ2n) is 7.86. The zero-order chi connectivity index (χ0) is 24.4. The van der Waals surface area contributed by atoms with Crippen LogP contribution in [0.5, 0.6) is 0 Å². The van der Waals surface area contributed by atoms with Crippen molar-refractivity contribution in [2.75, 3.05) is 31.5 Å². The van der Waals surface area contributed by atoms with Gasteiger partial charge in [-0.25, -0.2) is 9.97 Å². The highest BCUT2D eigenvalue weighted by atomic mass is 16.3. The van der Waals surface area contributed by atoms with E-state index in [4.69, 9.17) is 15.4 Å². The Morgan fingerprint density at radius 2 is 1.66 bits per heavy atom. The van der Waals surface area contributed by atoms with Gasteiger partial charge in [-0.15, -0.1) is 0 Å². The molecule has 1 fully saturated rings. The monoisotopic (exact) mass is 471 g/mol. The Morgan fingerprint density at radius 1 is 0.971 bits per heavy atom. The Balaban J connectivity index is 1.26. The summed E-state index contributed by atoms with van der Waals surface area (Å²) in [6.07, 6.45) is 2.60. The van der Waals surface area contributed by atoms with Crippen molar-refractivity contribution in [3.8, 4) is 0 Å². The highest BCUT2D eigenvalue weighted by Gasteiger charge is 2.26. The lowest BCUT2D eigenvalue weighted by Gasteiger charge is -2.34. The van der Waals surface area contributed by atoms with Crippen LogP contribution in [0, 0.1) is 10.9 Å². The lowest BCUT2D eigenvalue weighted by Crippen LogP contribution is -2.50. The van der Waals surface area contributed by atoms with Crippen molar-refractivity contribution < 1.29 is 14.0 Å². The van der Waals surface area contributed by atoms with Crippen LogP contribution >= 0.6 is 0 Å². The Bertz CT molecular complexity index is 1450. The fourth-order valence-electron chi connectivity index (χ4n) is 3.93. The summed E-state index contributed by atoms with van der Waals surface area (Å²) in [6.45, 7) is 1.65. The second kappa shape index (κ2) is 9.17. The largest absolute Gasteiger partial charge is 0.438 e. The normalized spacial score (nSPS) is 13.6. The van der Waals surface area contributed by atoms with Crippen molar-refractivity contribution in [2.24, 2.45) is 5.22 Å². The maximum Gasteiger partial charge on any atom is 0.291 e. The van der Waals surface area contributed by atoms with E-state index in [1.165, 1.54) is 17.3 Å². The van der Waals surface area contributed by atoms with Crippen molar-refractivity contribution in [1.29, 1.82) is 10.9 Å². The molecule has 1 aliphatic rings. The molecule has 0 aliphatic carbocycles. The molecule has 1 saturated heterocycles. The van der Waals surface area contributed by atoms with Crippen molar-refractivity contribution >= 4 is 34.4 Å². The Kier molecular flexibility index (Phi) is 5.75. The first-order valence-corrected chi connectivity index (χ1v) is 10.8. The molecule has 12 nitrogen and oxygen atoms in total. The topological polar surface area (TPSA) is 157 Å². The van der Waals surface area contributed by atoms with E-state index < -0.39 is 0 Å². The molecule has 0 atom stereocenters. The number of carbonyl (C=O) groups is 2. The van der Waals surface area contributed by atoms with Gasteiger partial charge in [-0.1, -0.05) is 17.4 Å². The molecule has 3 N–H and O–H groups in total. The summed E-state index contributed by atoms with van der Waals surface area (Å²) in [5, 5.41) is 14.8. The van der Waals surface area contributed by atoms with Gasteiger partial charge < -0.3 is 19.5 Å². The lowest BCUT2D eigenvalue weighted by molar-refractivity contribution is 0.0518. The minimum Gasteiger partial charge on any atom is -0.438 e. The number of fused-ring (bicyclic) bond motifs is 1. The molecule has 5 rings (SSSR count). The smallest absolute Gasteiger partial charge is 0.291 e. The highest BCUT2D eigenvalue weighted by Crippen LogP contribution is 2.18. The zero-order valence-electron chi connectivity index (χ0n) is 18.5. The van der Waals surface area contributed by atoms with Crippen molar-refractivity contribution in [3.63, 3.8) is 0 Å². The molecule has 4 aromatic rings. The summed E-state index contributed by atoms with van der Waals surface area (Å²) < 4.78 is 6.26. The number of anilines is 2. The van der Waals surface area contributed by atoms with E-state index in [1.807, 2.05) is 6.07 Å². The van der Waals surface area contributed by atoms with Crippen LogP contribution in [0.3, 0.4) is 0 Å². The van der Waals surface area contributed by atoms with Crippen LogP contribution in [0.15, 0.2) is 70.8 Å². The summed E-state index contributed by atoms with van der Waals surface area (Å²) in [5.74, 6) is 0.0673. The molecule has 35 heavy (non-hydrogen) atoms. The average Bonchev–Trinajstić information content (AvgIpc) is 3.44. The van der Waals surface area contributed by atoms with Gasteiger partial charge in [0.05, 0.1) is 17.2 Å². The molecule has 2 amide bonds. The molecular formula is C23H21N9O3. The number of carbonyl (C=O) groups excluding carboxylic acids is 2. The third-order valence-corrected chi connectivity index (χ3v) is 5.77. The van der Waals surface area contributed by atoms with E-state index in [0.29, 0.717) is 48.5 Å². The van der Waals surface area contributed by atoms with Gasteiger partial charge in [0.1, 0.15) is 0 Å². The maximum atomic E-state index is 13.0. The average molecular weight is 471 g/mol. The number of hydrogen-bond donors (Lipinski definition) is 3. The summed E-state index contributed by atoms with van der Waals surface area (Å²) >= 11 is 0. The van der Waals surface area contributed by atoms with Gasteiger partial charge in [-0.05, 0) is 36.4 Å². The molecule has 1 aliphatic heterocycles. The zero-order valence-corrected chi connectivity index (χ0v) is 18.5. The highest BCUT2D eigenvalue weighted by molar-refractivity contribution is 5.95. The summed E-state index contributed by atoms with van der Waals surface area (Å²) in [6, 6.07) is 14.0. The number of piperazine rings is 1. The van der Waals surface area contributed by atoms with Gasteiger partial charge in [-0.2, -0.15) is 10.2 Å². The summed E-state index contributed by atoms with van der Waals surface area (Å²) in [4.78, 5) is 36.9. The molecular weight excluding hydrogens is 450 g/mol. The van der Waals surface area contributed by atoms with Gasteiger partial charge in [0.25, 0.3) is 11.8 Å². The quantitative estimate of drug-likeness (QED) is 0.380. The van der Waals surface area contributed by atoms with Gasteiger partial charge in [0, 0.05) is 37.4 Å². The molecule has 0 unspecified atom stereocenters. The fourth-order valence-corrected chi connectivity index (χ4v) is 3.93. The van der Waals surface area contributed by atoms with E-state index in [1.54, 1.807) is 52.3 Å².